The number of methoxy groups -OCH3 is 1. The standard InChI is InChI=1S/C9H13NO3S/c1-13-9-4-3-7(5-8(9)10)6-14(2,11)12/h3-5H,6,10H2,1-2H3. The Morgan fingerprint density at radius 2 is 2.07 bits per heavy atom. The number of hydrogen-bond acceptors (Lipinski definition) is 4. The van der Waals surface area contributed by atoms with E-state index in [0.29, 0.717) is 17.0 Å². The van der Waals surface area contributed by atoms with E-state index < -0.39 is 9.84 Å². The van der Waals surface area contributed by atoms with Crippen molar-refractivity contribution in [3.05, 3.63) is 23.8 Å². The number of nitrogen functional groups attached to an aromatic ring is 1. The molecule has 0 aliphatic heterocycles. The molecule has 0 bridgehead atoms. The second kappa shape index (κ2) is 3.88. The van der Waals surface area contributed by atoms with Crippen molar-refractivity contribution in [2.45, 2.75) is 5.75 Å². The van der Waals surface area contributed by atoms with E-state index in [0.717, 1.165) is 0 Å². The van der Waals surface area contributed by atoms with E-state index in [-0.39, 0.29) is 5.75 Å². The number of rotatable bonds is 3. The highest BCUT2D eigenvalue weighted by atomic mass is 32.2. The van der Waals surface area contributed by atoms with Crippen molar-refractivity contribution in [3.63, 3.8) is 0 Å². The smallest absolute Gasteiger partial charge is 0.151 e. The topological polar surface area (TPSA) is 69.4 Å². The normalized spacial score (nSPS) is 11.3. The third-order valence-electron chi connectivity index (χ3n) is 1.72. The first-order valence-electron chi connectivity index (χ1n) is 4.02. The van der Waals surface area contributed by atoms with Crippen LogP contribution in [-0.2, 0) is 15.6 Å². The second-order valence-corrected chi connectivity index (χ2v) is 5.29. The van der Waals surface area contributed by atoms with Crippen molar-refractivity contribution in [1.29, 1.82) is 0 Å². The van der Waals surface area contributed by atoms with Crippen LogP contribution in [0.5, 0.6) is 5.75 Å². The van der Waals surface area contributed by atoms with Crippen molar-refractivity contribution in [1.82, 2.24) is 0 Å². The van der Waals surface area contributed by atoms with Gasteiger partial charge in [-0.05, 0) is 17.7 Å². The molecule has 0 atom stereocenters. The third kappa shape index (κ3) is 2.92. The average molecular weight is 215 g/mol. The van der Waals surface area contributed by atoms with Crippen molar-refractivity contribution in [2.24, 2.45) is 0 Å². The Morgan fingerprint density at radius 3 is 2.50 bits per heavy atom. The zero-order valence-corrected chi connectivity index (χ0v) is 8.97. The summed E-state index contributed by atoms with van der Waals surface area (Å²) in [5.74, 6) is 0.559. The first kappa shape index (κ1) is 10.8. The van der Waals surface area contributed by atoms with Gasteiger partial charge in [0.25, 0.3) is 0 Å². The van der Waals surface area contributed by atoms with Crippen LogP contribution >= 0.6 is 0 Å². The lowest BCUT2D eigenvalue weighted by atomic mass is 10.2. The molecule has 4 nitrogen and oxygen atoms in total. The molecule has 0 saturated heterocycles. The minimum absolute atomic E-state index is 0.00118. The maximum Gasteiger partial charge on any atom is 0.151 e. The summed E-state index contributed by atoms with van der Waals surface area (Å²) < 4.78 is 26.9. The van der Waals surface area contributed by atoms with E-state index in [9.17, 15) is 8.42 Å². The molecule has 0 aromatic heterocycles. The van der Waals surface area contributed by atoms with Crippen LogP contribution in [0.25, 0.3) is 0 Å². The number of ether oxygens (including phenoxy) is 1. The van der Waals surface area contributed by atoms with Gasteiger partial charge in [0, 0.05) is 6.26 Å². The Hall–Kier alpha value is -1.23. The van der Waals surface area contributed by atoms with Crippen molar-refractivity contribution < 1.29 is 13.2 Å². The predicted molar refractivity (Wildman–Crippen MR) is 56.0 cm³/mol. The molecule has 2 N–H and O–H groups in total. The minimum atomic E-state index is -3.01. The van der Waals surface area contributed by atoms with Gasteiger partial charge < -0.3 is 10.5 Å². The lowest BCUT2D eigenvalue weighted by Crippen LogP contribution is -2.02. The highest BCUT2D eigenvalue weighted by Gasteiger charge is 2.06. The second-order valence-electron chi connectivity index (χ2n) is 3.15. The average Bonchev–Trinajstić information content (AvgIpc) is 2.01. The van der Waals surface area contributed by atoms with Crippen LogP contribution in [0.4, 0.5) is 5.69 Å². The van der Waals surface area contributed by atoms with Gasteiger partial charge in [-0.25, -0.2) is 8.42 Å². The molecule has 1 aromatic rings. The number of hydrogen-bond donors (Lipinski definition) is 1. The summed E-state index contributed by atoms with van der Waals surface area (Å²) >= 11 is 0. The Balaban J connectivity index is 2.98. The van der Waals surface area contributed by atoms with E-state index >= 15 is 0 Å². The van der Waals surface area contributed by atoms with E-state index in [4.69, 9.17) is 10.5 Å². The first-order valence-corrected chi connectivity index (χ1v) is 6.08. The van der Waals surface area contributed by atoms with Crippen LogP contribution in [0.3, 0.4) is 0 Å². The number of nitrogens with two attached hydrogens (primary N) is 1. The van der Waals surface area contributed by atoms with Gasteiger partial charge in [0.15, 0.2) is 9.84 Å². The van der Waals surface area contributed by atoms with Gasteiger partial charge in [0.1, 0.15) is 5.75 Å². The highest BCUT2D eigenvalue weighted by molar-refractivity contribution is 7.89. The van der Waals surface area contributed by atoms with Crippen LogP contribution < -0.4 is 10.5 Å². The quantitative estimate of drug-likeness (QED) is 0.758. The number of sulfone groups is 1. The third-order valence-corrected chi connectivity index (χ3v) is 2.58. The van der Waals surface area contributed by atoms with Gasteiger partial charge in [-0.1, -0.05) is 6.07 Å². The fourth-order valence-corrected chi connectivity index (χ4v) is 1.96. The minimum Gasteiger partial charge on any atom is -0.495 e. The fourth-order valence-electron chi connectivity index (χ4n) is 1.18. The lowest BCUT2D eigenvalue weighted by molar-refractivity contribution is 0.417. The van der Waals surface area contributed by atoms with Crippen LogP contribution in [0.1, 0.15) is 5.56 Å². The zero-order valence-electron chi connectivity index (χ0n) is 8.15. The van der Waals surface area contributed by atoms with Gasteiger partial charge in [0.05, 0.1) is 18.6 Å². The van der Waals surface area contributed by atoms with Gasteiger partial charge in [-0.3, -0.25) is 0 Å². The van der Waals surface area contributed by atoms with Gasteiger partial charge in [-0.15, -0.1) is 0 Å². The summed E-state index contributed by atoms with van der Waals surface area (Å²) in [4.78, 5) is 0. The molecule has 0 fully saturated rings. The molecule has 0 amide bonds. The predicted octanol–water partition coefficient (Wildman–Crippen LogP) is 0.822. The molecule has 0 aliphatic rings. The number of benzene rings is 1. The van der Waals surface area contributed by atoms with Gasteiger partial charge in [0.2, 0.25) is 0 Å². The van der Waals surface area contributed by atoms with Gasteiger partial charge in [-0.2, -0.15) is 0 Å². The Kier molecular flexibility index (Phi) is 3.00. The largest absolute Gasteiger partial charge is 0.495 e. The molecular formula is C9H13NO3S. The van der Waals surface area contributed by atoms with Gasteiger partial charge >= 0.3 is 0 Å². The van der Waals surface area contributed by atoms with Crippen LogP contribution in [0.2, 0.25) is 0 Å². The molecule has 0 spiro atoms. The molecular weight excluding hydrogens is 202 g/mol. The van der Waals surface area contributed by atoms with E-state index in [2.05, 4.69) is 0 Å². The van der Waals surface area contributed by atoms with Crippen molar-refractivity contribution in [2.75, 3.05) is 19.1 Å². The Bertz CT molecular complexity index is 426. The molecule has 5 heteroatoms. The Labute approximate surface area is 83.6 Å². The molecule has 0 heterocycles. The monoisotopic (exact) mass is 215 g/mol. The molecule has 0 saturated carbocycles. The highest BCUT2D eigenvalue weighted by Crippen LogP contribution is 2.22. The lowest BCUT2D eigenvalue weighted by Gasteiger charge is -2.06. The molecule has 14 heavy (non-hydrogen) atoms. The first-order chi connectivity index (χ1) is 6.42. The molecule has 1 aromatic carbocycles. The van der Waals surface area contributed by atoms with E-state index in [1.165, 1.54) is 13.4 Å². The summed E-state index contributed by atoms with van der Waals surface area (Å²) in [7, 11) is -1.49. The SMILES string of the molecule is COc1ccc(CS(C)(=O)=O)cc1N. The Morgan fingerprint density at radius 1 is 1.43 bits per heavy atom. The number of anilines is 1. The maximum absolute atomic E-state index is 11.0. The van der Waals surface area contributed by atoms with E-state index in [1.807, 2.05) is 0 Å². The molecule has 0 radical (unpaired) electrons. The summed E-state index contributed by atoms with van der Waals surface area (Å²) in [6.07, 6.45) is 1.19. The summed E-state index contributed by atoms with van der Waals surface area (Å²) in [6, 6.07) is 4.96. The van der Waals surface area contributed by atoms with Crippen LogP contribution in [-0.4, -0.2) is 21.8 Å². The summed E-state index contributed by atoms with van der Waals surface area (Å²) in [6.45, 7) is 0. The zero-order chi connectivity index (χ0) is 10.8. The van der Waals surface area contributed by atoms with Crippen LogP contribution in [0, 0.1) is 0 Å². The maximum atomic E-state index is 11.0. The fraction of sp³-hybridized carbons (Fsp3) is 0.333. The van der Waals surface area contributed by atoms with Crippen molar-refractivity contribution >= 4 is 15.5 Å². The summed E-state index contributed by atoms with van der Waals surface area (Å²) in [5.41, 5.74) is 6.76. The molecule has 78 valence electrons. The van der Waals surface area contributed by atoms with E-state index in [1.54, 1.807) is 18.2 Å². The molecule has 0 unspecified atom stereocenters. The van der Waals surface area contributed by atoms with Crippen molar-refractivity contribution in [3.8, 4) is 5.75 Å². The summed E-state index contributed by atoms with van der Waals surface area (Å²) in [5, 5.41) is 0. The molecule has 0 aliphatic carbocycles. The molecule has 1 rings (SSSR count). The van der Waals surface area contributed by atoms with Crippen LogP contribution in [0.15, 0.2) is 18.2 Å².